The predicted octanol–water partition coefficient (Wildman–Crippen LogP) is 2.16. The third-order valence-electron chi connectivity index (χ3n) is 2.33. The Kier molecular flexibility index (Phi) is 5.19. The maximum atomic E-state index is 11.4. The standard InChI is InChI=1S/C13H18N2O3S/c1-10(2)9-11-12(15-19(3,16)17)5-4-6-13(11)18-8-7-14/h4-6,10,15H,8-9H2,1-3H3. The average Bonchev–Trinajstić information content (AvgIpc) is 2.27. The van der Waals surface area contributed by atoms with Crippen LogP contribution in [0.2, 0.25) is 0 Å². The molecule has 1 aromatic carbocycles. The van der Waals surface area contributed by atoms with E-state index in [-0.39, 0.29) is 6.61 Å². The van der Waals surface area contributed by atoms with Crippen molar-refractivity contribution >= 4 is 15.7 Å². The van der Waals surface area contributed by atoms with Crippen molar-refractivity contribution in [2.45, 2.75) is 20.3 Å². The molecule has 0 spiro atoms. The quantitative estimate of drug-likeness (QED) is 0.867. The third kappa shape index (κ3) is 5.18. The summed E-state index contributed by atoms with van der Waals surface area (Å²) < 4.78 is 30.5. The summed E-state index contributed by atoms with van der Waals surface area (Å²) in [6.45, 7) is 4.00. The molecular weight excluding hydrogens is 264 g/mol. The summed E-state index contributed by atoms with van der Waals surface area (Å²) >= 11 is 0. The van der Waals surface area contributed by atoms with Gasteiger partial charge in [0.25, 0.3) is 0 Å². The number of rotatable bonds is 6. The molecule has 0 aliphatic rings. The highest BCUT2D eigenvalue weighted by molar-refractivity contribution is 7.92. The minimum absolute atomic E-state index is 0.0621. The van der Waals surface area contributed by atoms with Crippen LogP contribution in [0, 0.1) is 17.2 Å². The highest BCUT2D eigenvalue weighted by atomic mass is 32.2. The van der Waals surface area contributed by atoms with E-state index in [0.717, 1.165) is 11.8 Å². The van der Waals surface area contributed by atoms with Gasteiger partial charge in [-0.05, 0) is 24.5 Å². The summed E-state index contributed by atoms with van der Waals surface area (Å²) in [7, 11) is -3.34. The lowest BCUT2D eigenvalue weighted by Crippen LogP contribution is -2.13. The van der Waals surface area contributed by atoms with Gasteiger partial charge in [-0.1, -0.05) is 19.9 Å². The number of anilines is 1. The monoisotopic (exact) mass is 282 g/mol. The van der Waals surface area contributed by atoms with Crippen molar-refractivity contribution in [2.24, 2.45) is 5.92 Å². The Morgan fingerprint density at radius 3 is 2.63 bits per heavy atom. The fourth-order valence-electron chi connectivity index (χ4n) is 1.73. The van der Waals surface area contributed by atoms with Crippen LogP contribution in [0.25, 0.3) is 0 Å². The molecule has 0 heterocycles. The molecule has 1 rings (SSSR count). The summed E-state index contributed by atoms with van der Waals surface area (Å²) in [4.78, 5) is 0. The van der Waals surface area contributed by atoms with E-state index in [1.807, 2.05) is 19.9 Å². The Morgan fingerprint density at radius 1 is 1.42 bits per heavy atom. The largest absolute Gasteiger partial charge is 0.478 e. The Morgan fingerprint density at radius 2 is 2.11 bits per heavy atom. The summed E-state index contributed by atoms with van der Waals surface area (Å²) in [6, 6.07) is 7.03. The maximum absolute atomic E-state index is 11.4. The van der Waals surface area contributed by atoms with E-state index in [1.165, 1.54) is 0 Å². The average molecular weight is 282 g/mol. The normalized spacial score (nSPS) is 11.1. The van der Waals surface area contributed by atoms with E-state index in [4.69, 9.17) is 10.00 Å². The second-order valence-corrected chi connectivity index (χ2v) is 6.45. The zero-order valence-electron chi connectivity index (χ0n) is 11.3. The molecule has 5 nitrogen and oxygen atoms in total. The zero-order valence-corrected chi connectivity index (χ0v) is 12.1. The minimum Gasteiger partial charge on any atom is -0.478 e. The maximum Gasteiger partial charge on any atom is 0.229 e. The molecule has 0 saturated carbocycles. The van der Waals surface area contributed by atoms with Crippen LogP contribution in [-0.2, 0) is 16.4 Å². The number of benzene rings is 1. The number of hydrogen-bond acceptors (Lipinski definition) is 4. The number of sulfonamides is 1. The van der Waals surface area contributed by atoms with E-state index in [2.05, 4.69) is 4.72 Å². The van der Waals surface area contributed by atoms with Crippen molar-refractivity contribution in [3.05, 3.63) is 23.8 Å². The number of ether oxygens (including phenoxy) is 1. The summed E-state index contributed by atoms with van der Waals surface area (Å²) in [5.41, 5.74) is 1.28. The highest BCUT2D eigenvalue weighted by Gasteiger charge is 2.14. The lowest BCUT2D eigenvalue weighted by atomic mass is 10.0. The fraction of sp³-hybridized carbons (Fsp3) is 0.462. The molecular formula is C13H18N2O3S. The predicted molar refractivity (Wildman–Crippen MR) is 74.6 cm³/mol. The lowest BCUT2D eigenvalue weighted by molar-refractivity contribution is 0.362. The molecule has 6 heteroatoms. The van der Waals surface area contributed by atoms with Gasteiger partial charge in [-0.15, -0.1) is 0 Å². The van der Waals surface area contributed by atoms with Crippen LogP contribution >= 0.6 is 0 Å². The Labute approximate surface area is 114 Å². The van der Waals surface area contributed by atoms with Crippen LogP contribution in [0.1, 0.15) is 19.4 Å². The van der Waals surface area contributed by atoms with Crippen molar-refractivity contribution in [3.8, 4) is 11.8 Å². The number of nitrogens with one attached hydrogen (secondary N) is 1. The summed E-state index contributed by atoms with van der Waals surface area (Å²) in [6.07, 6.45) is 1.77. The van der Waals surface area contributed by atoms with Crippen molar-refractivity contribution in [1.82, 2.24) is 0 Å². The Hall–Kier alpha value is -1.74. The molecule has 1 aromatic rings. The first-order valence-corrected chi connectivity index (χ1v) is 7.82. The highest BCUT2D eigenvalue weighted by Crippen LogP contribution is 2.29. The second-order valence-electron chi connectivity index (χ2n) is 4.70. The van der Waals surface area contributed by atoms with E-state index < -0.39 is 10.0 Å². The van der Waals surface area contributed by atoms with Gasteiger partial charge in [0.15, 0.2) is 6.61 Å². The van der Waals surface area contributed by atoms with Crippen molar-refractivity contribution in [3.63, 3.8) is 0 Å². The second kappa shape index (κ2) is 6.43. The lowest BCUT2D eigenvalue weighted by Gasteiger charge is -2.16. The van der Waals surface area contributed by atoms with Gasteiger partial charge in [0.2, 0.25) is 10.0 Å². The van der Waals surface area contributed by atoms with Gasteiger partial charge in [-0.25, -0.2) is 8.42 Å². The number of nitriles is 1. The summed E-state index contributed by atoms with van der Waals surface area (Å²) in [5.74, 6) is 0.885. The molecule has 0 bridgehead atoms. The minimum atomic E-state index is -3.34. The number of nitrogens with zero attached hydrogens (tertiary/aromatic N) is 1. The molecule has 0 aliphatic carbocycles. The van der Waals surface area contributed by atoms with Gasteiger partial charge < -0.3 is 4.74 Å². The molecule has 104 valence electrons. The zero-order chi connectivity index (χ0) is 14.5. The molecule has 0 atom stereocenters. The van der Waals surface area contributed by atoms with E-state index in [9.17, 15) is 8.42 Å². The van der Waals surface area contributed by atoms with Gasteiger partial charge in [-0.2, -0.15) is 5.26 Å². The first-order valence-electron chi connectivity index (χ1n) is 5.93. The van der Waals surface area contributed by atoms with E-state index in [1.54, 1.807) is 18.2 Å². The summed E-state index contributed by atoms with van der Waals surface area (Å²) in [5, 5.41) is 8.57. The van der Waals surface area contributed by atoms with Crippen molar-refractivity contribution < 1.29 is 13.2 Å². The van der Waals surface area contributed by atoms with Crippen LogP contribution in [0.3, 0.4) is 0 Å². The van der Waals surface area contributed by atoms with Crippen LogP contribution in [0.15, 0.2) is 18.2 Å². The van der Waals surface area contributed by atoms with Crippen LogP contribution < -0.4 is 9.46 Å². The number of hydrogen-bond donors (Lipinski definition) is 1. The van der Waals surface area contributed by atoms with Crippen LogP contribution in [0.4, 0.5) is 5.69 Å². The van der Waals surface area contributed by atoms with Gasteiger partial charge >= 0.3 is 0 Å². The van der Waals surface area contributed by atoms with Crippen molar-refractivity contribution in [1.29, 1.82) is 5.26 Å². The van der Waals surface area contributed by atoms with Gasteiger partial charge in [-0.3, -0.25) is 4.72 Å². The Balaban J connectivity index is 3.18. The van der Waals surface area contributed by atoms with Gasteiger partial charge in [0.05, 0.1) is 11.9 Å². The van der Waals surface area contributed by atoms with Crippen LogP contribution in [0.5, 0.6) is 5.75 Å². The van der Waals surface area contributed by atoms with Gasteiger partial charge in [0, 0.05) is 5.56 Å². The van der Waals surface area contributed by atoms with Gasteiger partial charge in [0.1, 0.15) is 11.8 Å². The molecule has 0 saturated heterocycles. The topological polar surface area (TPSA) is 79.2 Å². The van der Waals surface area contributed by atoms with Crippen LogP contribution in [-0.4, -0.2) is 21.3 Å². The smallest absolute Gasteiger partial charge is 0.229 e. The first-order chi connectivity index (χ1) is 8.83. The fourth-order valence-corrected chi connectivity index (χ4v) is 2.32. The third-order valence-corrected chi connectivity index (χ3v) is 2.92. The molecule has 0 unspecified atom stereocenters. The molecule has 19 heavy (non-hydrogen) atoms. The Bertz CT molecular complexity index is 574. The SMILES string of the molecule is CC(C)Cc1c(NS(C)(=O)=O)cccc1OCC#N. The molecule has 0 radical (unpaired) electrons. The molecule has 0 aromatic heterocycles. The molecule has 0 aliphatic heterocycles. The molecule has 0 fully saturated rings. The van der Waals surface area contributed by atoms with E-state index >= 15 is 0 Å². The van der Waals surface area contributed by atoms with E-state index in [0.29, 0.717) is 23.8 Å². The molecule has 0 amide bonds. The first kappa shape index (κ1) is 15.3. The van der Waals surface area contributed by atoms with Crippen molar-refractivity contribution in [2.75, 3.05) is 17.6 Å². The molecule has 1 N–H and O–H groups in total.